The van der Waals surface area contributed by atoms with E-state index in [1.54, 1.807) is 38.6 Å². The number of hydrogen-bond acceptors (Lipinski definition) is 5. The topological polar surface area (TPSA) is 71.2 Å². The molecule has 0 atom stereocenters. The van der Waals surface area contributed by atoms with Crippen LogP contribution >= 0.6 is 0 Å². The molecule has 29 heavy (non-hydrogen) atoms. The molecular weight excluding hydrogens is 375 g/mol. The molecule has 2 aromatic carbocycles. The maximum atomic E-state index is 13.3. The minimum atomic E-state index is -0.354. The Morgan fingerprint density at radius 1 is 1.03 bits per heavy atom. The first kappa shape index (κ1) is 18.7. The molecule has 0 aliphatic heterocycles. The van der Waals surface area contributed by atoms with Crippen molar-refractivity contribution in [3.63, 3.8) is 0 Å². The Morgan fingerprint density at radius 3 is 2.31 bits per heavy atom. The lowest BCUT2D eigenvalue weighted by Gasteiger charge is -2.11. The van der Waals surface area contributed by atoms with Gasteiger partial charge in [-0.05, 0) is 48.9 Å². The molecule has 0 spiro atoms. The number of fused-ring (bicyclic) bond motifs is 1. The molecule has 2 heterocycles. The zero-order chi connectivity index (χ0) is 20.5. The van der Waals surface area contributed by atoms with Crippen molar-refractivity contribution in [3.8, 4) is 17.2 Å². The van der Waals surface area contributed by atoms with Crippen molar-refractivity contribution in [2.45, 2.75) is 13.5 Å². The summed E-state index contributed by atoms with van der Waals surface area (Å²) in [6.45, 7) is 2.05. The average Bonchev–Trinajstić information content (AvgIpc) is 3.18. The Bertz CT molecular complexity index is 1220. The molecule has 4 rings (SSSR count). The lowest BCUT2D eigenvalue weighted by molar-refractivity contribution is 0.393. The van der Waals surface area contributed by atoms with Crippen molar-refractivity contribution >= 4 is 10.9 Å². The van der Waals surface area contributed by atoms with Gasteiger partial charge in [0.2, 0.25) is 0 Å². The molecule has 0 aliphatic rings. The largest absolute Gasteiger partial charge is 0.497 e. The van der Waals surface area contributed by atoms with Crippen LogP contribution < -0.4 is 15.0 Å². The van der Waals surface area contributed by atoms with Crippen molar-refractivity contribution in [3.05, 3.63) is 76.1 Å². The molecule has 0 bridgehead atoms. The summed E-state index contributed by atoms with van der Waals surface area (Å²) >= 11 is 0. The molecule has 0 radical (unpaired) electrons. The highest BCUT2D eigenvalue weighted by atomic mass is 19.1. The molecule has 2 aromatic heterocycles. The third-order valence-electron chi connectivity index (χ3n) is 4.68. The number of benzene rings is 2. The number of methoxy groups -OCH3 is 2. The van der Waals surface area contributed by atoms with Gasteiger partial charge in [-0.1, -0.05) is 0 Å². The Hall–Kier alpha value is -3.68. The highest BCUT2D eigenvalue weighted by Gasteiger charge is 2.16. The van der Waals surface area contributed by atoms with Gasteiger partial charge in [-0.3, -0.25) is 4.79 Å². The van der Waals surface area contributed by atoms with Gasteiger partial charge in [-0.25, -0.2) is 13.8 Å². The van der Waals surface area contributed by atoms with Crippen LogP contribution in [0.1, 0.15) is 11.3 Å². The average molecular weight is 394 g/mol. The van der Waals surface area contributed by atoms with Gasteiger partial charge in [0.05, 0.1) is 38.3 Å². The third kappa shape index (κ3) is 3.44. The van der Waals surface area contributed by atoms with Crippen LogP contribution in [0.15, 0.2) is 53.5 Å². The predicted molar refractivity (Wildman–Crippen MR) is 106 cm³/mol. The van der Waals surface area contributed by atoms with E-state index >= 15 is 0 Å². The first-order valence-electron chi connectivity index (χ1n) is 8.93. The van der Waals surface area contributed by atoms with Crippen LogP contribution in [0.4, 0.5) is 4.39 Å². The quantitative estimate of drug-likeness (QED) is 0.520. The summed E-state index contributed by atoms with van der Waals surface area (Å²) in [6.07, 6.45) is 1.60. The standard InChI is InChI=1S/C21H19FN4O3/c1-13-19-11-23-26(16-6-4-15(22)5-7-16)20(19)21(27)25(24-13)12-14-8-17(28-2)10-18(9-14)29-3/h4-11H,12H2,1-3H3. The zero-order valence-corrected chi connectivity index (χ0v) is 16.2. The smallest absolute Gasteiger partial charge is 0.293 e. The molecule has 7 nitrogen and oxygen atoms in total. The SMILES string of the molecule is COc1cc(Cn2nc(C)c3cnn(-c4ccc(F)cc4)c3c2=O)cc(OC)c1. The molecule has 0 aliphatic carbocycles. The highest BCUT2D eigenvalue weighted by molar-refractivity contribution is 5.81. The monoisotopic (exact) mass is 394 g/mol. The molecule has 0 fully saturated rings. The van der Waals surface area contributed by atoms with E-state index in [9.17, 15) is 9.18 Å². The van der Waals surface area contributed by atoms with Crippen LogP contribution in [0.25, 0.3) is 16.6 Å². The van der Waals surface area contributed by atoms with Gasteiger partial charge >= 0.3 is 0 Å². The number of ether oxygens (including phenoxy) is 2. The van der Waals surface area contributed by atoms with E-state index in [-0.39, 0.29) is 17.9 Å². The number of hydrogen-bond donors (Lipinski definition) is 0. The van der Waals surface area contributed by atoms with Crippen molar-refractivity contribution in [2.24, 2.45) is 0 Å². The van der Waals surface area contributed by atoms with Gasteiger partial charge in [0.15, 0.2) is 0 Å². The second-order valence-electron chi connectivity index (χ2n) is 6.56. The summed E-state index contributed by atoms with van der Waals surface area (Å²) in [4.78, 5) is 13.2. The van der Waals surface area contributed by atoms with Gasteiger partial charge in [0.1, 0.15) is 22.8 Å². The summed E-state index contributed by atoms with van der Waals surface area (Å²) in [6, 6.07) is 11.2. The molecule has 0 saturated carbocycles. The number of aryl methyl sites for hydroxylation is 1. The predicted octanol–water partition coefficient (Wildman–Crippen LogP) is 3.10. The normalized spacial score (nSPS) is 11.0. The first-order chi connectivity index (χ1) is 14.0. The molecule has 8 heteroatoms. The van der Waals surface area contributed by atoms with E-state index in [4.69, 9.17) is 9.47 Å². The first-order valence-corrected chi connectivity index (χ1v) is 8.93. The van der Waals surface area contributed by atoms with Crippen LogP contribution in [0.3, 0.4) is 0 Å². The van der Waals surface area contributed by atoms with E-state index in [0.29, 0.717) is 33.8 Å². The third-order valence-corrected chi connectivity index (χ3v) is 4.68. The minimum absolute atomic E-state index is 0.234. The van der Waals surface area contributed by atoms with Crippen molar-refractivity contribution < 1.29 is 13.9 Å². The summed E-state index contributed by atoms with van der Waals surface area (Å²) in [5, 5.41) is 9.41. The van der Waals surface area contributed by atoms with Gasteiger partial charge in [-0.15, -0.1) is 0 Å². The Morgan fingerprint density at radius 2 is 1.69 bits per heavy atom. The fourth-order valence-corrected chi connectivity index (χ4v) is 3.24. The molecule has 0 amide bonds. The van der Waals surface area contributed by atoms with Crippen molar-refractivity contribution in [1.29, 1.82) is 0 Å². The second kappa shape index (κ2) is 7.38. The number of rotatable bonds is 5. The molecule has 4 aromatic rings. The zero-order valence-electron chi connectivity index (χ0n) is 16.2. The molecular formula is C21H19FN4O3. The molecule has 148 valence electrons. The summed E-state index contributed by atoms with van der Waals surface area (Å²) < 4.78 is 26.8. The second-order valence-corrected chi connectivity index (χ2v) is 6.56. The van der Waals surface area contributed by atoms with Crippen LogP contribution in [0.2, 0.25) is 0 Å². The summed E-state index contributed by atoms with van der Waals surface area (Å²) in [7, 11) is 3.14. The van der Waals surface area contributed by atoms with Crippen LogP contribution in [-0.4, -0.2) is 33.8 Å². The number of nitrogens with zero attached hydrogens (tertiary/aromatic N) is 4. The van der Waals surface area contributed by atoms with Crippen LogP contribution in [-0.2, 0) is 6.54 Å². The van der Waals surface area contributed by atoms with E-state index in [1.165, 1.54) is 21.5 Å². The van der Waals surface area contributed by atoms with E-state index < -0.39 is 0 Å². The number of aromatic nitrogens is 4. The van der Waals surface area contributed by atoms with Crippen molar-refractivity contribution in [1.82, 2.24) is 19.6 Å². The van der Waals surface area contributed by atoms with E-state index in [0.717, 1.165) is 5.56 Å². The molecule has 0 N–H and O–H groups in total. The maximum absolute atomic E-state index is 13.3. The van der Waals surface area contributed by atoms with Crippen molar-refractivity contribution in [2.75, 3.05) is 14.2 Å². The van der Waals surface area contributed by atoms with Crippen LogP contribution in [0, 0.1) is 12.7 Å². The number of halogens is 1. The summed E-state index contributed by atoms with van der Waals surface area (Å²) in [5.41, 5.74) is 2.16. The lowest BCUT2D eigenvalue weighted by atomic mass is 10.2. The maximum Gasteiger partial charge on any atom is 0.293 e. The van der Waals surface area contributed by atoms with E-state index in [1.807, 2.05) is 19.1 Å². The molecule has 0 unspecified atom stereocenters. The molecule has 0 saturated heterocycles. The van der Waals surface area contributed by atoms with Gasteiger partial charge in [-0.2, -0.15) is 10.2 Å². The fraction of sp³-hybridized carbons (Fsp3) is 0.190. The van der Waals surface area contributed by atoms with Gasteiger partial charge in [0, 0.05) is 11.5 Å². The minimum Gasteiger partial charge on any atom is -0.497 e. The fourth-order valence-electron chi connectivity index (χ4n) is 3.24. The lowest BCUT2D eigenvalue weighted by Crippen LogP contribution is -2.26. The summed E-state index contributed by atoms with van der Waals surface area (Å²) in [5.74, 6) is 0.899. The Labute approximate surface area is 165 Å². The highest BCUT2D eigenvalue weighted by Crippen LogP contribution is 2.23. The van der Waals surface area contributed by atoms with Gasteiger partial charge < -0.3 is 9.47 Å². The van der Waals surface area contributed by atoms with E-state index in [2.05, 4.69) is 10.2 Å². The van der Waals surface area contributed by atoms with Crippen LogP contribution in [0.5, 0.6) is 11.5 Å². The Kier molecular flexibility index (Phi) is 4.75. The Balaban J connectivity index is 1.84. The van der Waals surface area contributed by atoms with Gasteiger partial charge in [0.25, 0.3) is 5.56 Å².